The minimum Gasteiger partial charge on any atom is -0.258 e. The van der Waals surface area contributed by atoms with Crippen molar-refractivity contribution >= 4 is 5.69 Å². The van der Waals surface area contributed by atoms with Gasteiger partial charge in [0.25, 0.3) is 0 Å². The average Bonchev–Trinajstić information content (AvgIpc) is 1.99. The predicted octanol–water partition coefficient (Wildman–Crippen LogP) is 3.06. The van der Waals surface area contributed by atoms with E-state index in [0.29, 0.717) is 12.1 Å². The van der Waals surface area contributed by atoms with Gasteiger partial charge in [0.2, 0.25) is 5.82 Å². The van der Waals surface area contributed by atoms with Gasteiger partial charge in [-0.15, -0.1) is 0 Å². The van der Waals surface area contributed by atoms with Gasteiger partial charge < -0.3 is 0 Å². The molecule has 0 heterocycles. The Bertz CT molecular complexity index is 414. The molecule has 0 N–H and O–H groups in total. The summed E-state index contributed by atoms with van der Waals surface area (Å²) in [7, 11) is 0. The number of aryl methyl sites for hydroxylation is 1. The molecule has 0 atom stereocenters. The number of rotatable bonds is 1. The Morgan fingerprint density at radius 2 is 1.87 bits per heavy atom. The number of hydrogen-bond acceptors (Lipinski definition) is 2. The molecule has 1 aromatic rings. The summed E-state index contributed by atoms with van der Waals surface area (Å²) >= 11 is 0. The zero-order valence-corrected chi connectivity index (χ0v) is 7.43. The fourth-order valence-corrected chi connectivity index (χ4v) is 1.14. The standard InChI is InChI=1S/C8H5F4NO2/c1-4-2-5(8(10,11)12)7(13(14)15)6(9)3-4/h2-3H,1H3. The highest BCUT2D eigenvalue weighted by molar-refractivity contribution is 5.45. The lowest BCUT2D eigenvalue weighted by atomic mass is 10.1. The molecular weight excluding hydrogens is 218 g/mol. The van der Waals surface area contributed by atoms with Crippen LogP contribution in [0.3, 0.4) is 0 Å². The minimum atomic E-state index is -4.94. The first-order chi connectivity index (χ1) is 6.73. The maximum absolute atomic E-state index is 13.0. The molecule has 0 bridgehead atoms. The number of hydrogen-bond donors (Lipinski definition) is 0. The summed E-state index contributed by atoms with van der Waals surface area (Å²) in [4.78, 5) is 8.89. The SMILES string of the molecule is Cc1cc(F)c([N+](=O)[O-])c(C(F)(F)F)c1. The largest absolute Gasteiger partial charge is 0.423 e. The maximum Gasteiger partial charge on any atom is 0.423 e. The molecule has 1 aromatic carbocycles. The third kappa shape index (κ3) is 2.23. The van der Waals surface area contributed by atoms with Gasteiger partial charge in [-0.2, -0.15) is 17.6 Å². The molecule has 0 saturated carbocycles. The minimum absolute atomic E-state index is 0.0228. The van der Waals surface area contributed by atoms with Crippen molar-refractivity contribution in [2.45, 2.75) is 13.1 Å². The molecule has 0 saturated heterocycles. The Morgan fingerprint density at radius 3 is 2.27 bits per heavy atom. The van der Waals surface area contributed by atoms with Crippen LogP contribution in [0.5, 0.6) is 0 Å². The van der Waals surface area contributed by atoms with E-state index in [1.54, 1.807) is 0 Å². The van der Waals surface area contributed by atoms with Crippen LogP contribution in [0.15, 0.2) is 12.1 Å². The number of nitrogens with zero attached hydrogens (tertiary/aromatic N) is 1. The van der Waals surface area contributed by atoms with Gasteiger partial charge >= 0.3 is 11.9 Å². The van der Waals surface area contributed by atoms with Crippen LogP contribution in [-0.2, 0) is 6.18 Å². The fraction of sp³-hybridized carbons (Fsp3) is 0.250. The topological polar surface area (TPSA) is 43.1 Å². The van der Waals surface area contributed by atoms with E-state index >= 15 is 0 Å². The first-order valence-corrected chi connectivity index (χ1v) is 3.75. The molecule has 0 aliphatic heterocycles. The van der Waals surface area contributed by atoms with Crippen molar-refractivity contribution in [3.8, 4) is 0 Å². The zero-order valence-electron chi connectivity index (χ0n) is 7.43. The van der Waals surface area contributed by atoms with Crippen LogP contribution in [0.2, 0.25) is 0 Å². The molecule has 7 heteroatoms. The molecule has 0 fully saturated rings. The van der Waals surface area contributed by atoms with Crippen LogP contribution in [0.1, 0.15) is 11.1 Å². The number of nitro benzene ring substituents is 1. The van der Waals surface area contributed by atoms with Crippen molar-refractivity contribution in [1.29, 1.82) is 0 Å². The van der Waals surface area contributed by atoms with E-state index < -0.39 is 28.2 Å². The molecule has 0 aromatic heterocycles. The van der Waals surface area contributed by atoms with E-state index in [1.807, 2.05) is 0 Å². The summed E-state index contributed by atoms with van der Waals surface area (Å²) in [6, 6.07) is 1.23. The van der Waals surface area contributed by atoms with Crippen molar-refractivity contribution in [1.82, 2.24) is 0 Å². The molecule has 82 valence electrons. The van der Waals surface area contributed by atoms with Gasteiger partial charge in [-0.05, 0) is 24.6 Å². The highest BCUT2D eigenvalue weighted by atomic mass is 19.4. The third-order valence-corrected chi connectivity index (χ3v) is 1.70. The highest BCUT2D eigenvalue weighted by Crippen LogP contribution is 2.37. The summed E-state index contributed by atoms with van der Waals surface area (Å²) < 4.78 is 49.8. The second-order valence-corrected chi connectivity index (χ2v) is 2.90. The monoisotopic (exact) mass is 223 g/mol. The van der Waals surface area contributed by atoms with E-state index in [1.165, 1.54) is 6.92 Å². The Morgan fingerprint density at radius 1 is 1.33 bits per heavy atom. The molecule has 15 heavy (non-hydrogen) atoms. The number of halogens is 4. The molecular formula is C8H5F4NO2. The number of benzene rings is 1. The maximum atomic E-state index is 13.0. The van der Waals surface area contributed by atoms with Crippen molar-refractivity contribution in [2.24, 2.45) is 0 Å². The summed E-state index contributed by atoms with van der Waals surface area (Å²) in [6.07, 6.45) is -4.94. The van der Waals surface area contributed by atoms with Gasteiger partial charge in [-0.3, -0.25) is 10.1 Å². The van der Waals surface area contributed by atoms with E-state index in [2.05, 4.69) is 0 Å². The lowest BCUT2D eigenvalue weighted by molar-refractivity contribution is -0.390. The molecule has 0 aliphatic carbocycles. The Hall–Kier alpha value is -1.66. The average molecular weight is 223 g/mol. The zero-order chi connectivity index (χ0) is 11.8. The summed E-state index contributed by atoms with van der Waals surface area (Å²) in [5.74, 6) is -1.48. The van der Waals surface area contributed by atoms with Crippen LogP contribution < -0.4 is 0 Å². The van der Waals surface area contributed by atoms with Crippen LogP contribution >= 0.6 is 0 Å². The molecule has 0 aliphatic rings. The summed E-state index contributed by atoms with van der Waals surface area (Å²) in [5, 5.41) is 10.3. The Labute approximate surface area is 81.5 Å². The quantitative estimate of drug-likeness (QED) is 0.417. The molecule has 1 rings (SSSR count). The predicted molar refractivity (Wildman–Crippen MR) is 42.8 cm³/mol. The van der Waals surface area contributed by atoms with Crippen molar-refractivity contribution < 1.29 is 22.5 Å². The van der Waals surface area contributed by atoms with Gasteiger partial charge in [0, 0.05) is 0 Å². The van der Waals surface area contributed by atoms with Gasteiger partial charge in [0.1, 0.15) is 5.56 Å². The summed E-state index contributed by atoms with van der Waals surface area (Å²) in [5.41, 5.74) is -3.12. The van der Waals surface area contributed by atoms with Gasteiger partial charge in [0.05, 0.1) is 4.92 Å². The van der Waals surface area contributed by atoms with Gasteiger partial charge in [0.15, 0.2) is 0 Å². The summed E-state index contributed by atoms with van der Waals surface area (Å²) in [6.45, 7) is 1.22. The van der Waals surface area contributed by atoms with Gasteiger partial charge in [-0.1, -0.05) is 0 Å². The van der Waals surface area contributed by atoms with Crippen molar-refractivity contribution in [3.05, 3.63) is 39.2 Å². The van der Waals surface area contributed by atoms with E-state index in [9.17, 15) is 27.7 Å². The Balaban J connectivity index is 3.54. The molecule has 0 amide bonds. The lowest BCUT2D eigenvalue weighted by Crippen LogP contribution is -2.10. The highest BCUT2D eigenvalue weighted by Gasteiger charge is 2.40. The Kier molecular flexibility index (Phi) is 2.65. The normalized spacial score (nSPS) is 11.5. The van der Waals surface area contributed by atoms with Crippen LogP contribution in [-0.4, -0.2) is 4.92 Å². The first kappa shape index (κ1) is 11.4. The van der Waals surface area contributed by atoms with E-state index in [4.69, 9.17) is 0 Å². The molecule has 0 spiro atoms. The third-order valence-electron chi connectivity index (χ3n) is 1.70. The number of alkyl halides is 3. The van der Waals surface area contributed by atoms with E-state index in [0.717, 1.165) is 0 Å². The second-order valence-electron chi connectivity index (χ2n) is 2.90. The molecule has 0 unspecified atom stereocenters. The first-order valence-electron chi connectivity index (χ1n) is 3.75. The fourth-order valence-electron chi connectivity index (χ4n) is 1.14. The number of nitro groups is 1. The molecule has 0 radical (unpaired) electrons. The van der Waals surface area contributed by atoms with Crippen LogP contribution in [0, 0.1) is 22.9 Å². The lowest BCUT2D eigenvalue weighted by Gasteiger charge is -2.08. The molecule has 3 nitrogen and oxygen atoms in total. The smallest absolute Gasteiger partial charge is 0.258 e. The van der Waals surface area contributed by atoms with Crippen LogP contribution in [0.4, 0.5) is 23.2 Å². The van der Waals surface area contributed by atoms with Crippen molar-refractivity contribution in [2.75, 3.05) is 0 Å². The second kappa shape index (κ2) is 3.48. The van der Waals surface area contributed by atoms with Gasteiger partial charge in [-0.25, -0.2) is 0 Å². The van der Waals surface area contributed by atoms with Crippen molar-refractivity contribution in [3.63, 3.8) is 0 Å². The van der Waals surface area contributed by atoms with Crippen LogP contribution in [0.25, 0.3) is 0 Å². The van der Waals surface area contributed by atoms with E-state index in [-0.39, 0.29) is 5.56 Å².